The number of nitrogens with one attached hydrogen (secondary N) is 3. The molecule has 7 heteroatoms. The Balaban J connectivity index is 1.51. The van der Waals surface area contributed by atoms with Crippen molar-refractivity contribution in [2.75, 3.05) is 44.7 Å². The maximum Gasteiger partial charge on any atom is 0.265 e. The number of hydrogen-bond acceptors (Lipinski definition) is 4. The minimum atomic E-state index is -0.700. The Morgan fingerprint density at radius 2 is 1.90 bits per heavy atom. The van der Waals surface area contributed by atoms with Crippen LogP contribution in [0.4, 0.5) is 5.69 Å². The van der Waals surface area contributed by atoms with E-state index in [2.05, 4.69) is 10.6 Å². The van der Waals surface area contributed by atoms with Crippen molar-refractivity contribution in [3.8, 4) is 5.75 Å². The van der Waals surface area contributed by atoms with Crippen LogP contribution in [0, 0.1) is 6.92 Å². The third-order valence-electron chi connectivity index (χ3n) is 5.29. The number of ether oxygens (including phenoxy) is 2. The molecule has 3 rings (SSSR count). The molecule has 1 atom stereocenters. The summed E-state index contributed by atoms with van der Waals surface area (Å²) in [6, 6.07) is 14.6. The van der Waals surface area contributed by atoms with Crippen molar-refractivity contribution in [1.29, 1.82) is 0 Å². The molecule has 1 aliphatic rings. The fourth-order valence-electron chi connectivity index (χ4n) is 3.52. The average molecular weight is 427 g/mol. The summed E-state index contributed by atoms with van der Waals surface area (Å²) < 4.78 is 11.1. The summed E-state index contributed by atoms with van der Waals surface area (Å²) in [5.41, 5.74) is 1.98. The summed E-state index contributed by atoms with van der Waals surface area (Å²) in [5, 5.41) is 5.79. The molecule has 31 heavy (non-hydrogen) atoms. The van der Waals surface area contributed by atoms with Crippen molar-refractivity contribution >= 4 is 17.5 Å². The van der Waals surface area contributed by atoms with E-state index in [9.17, 15) is 9.59 Å². The zero-order valence-corrected chi connectivity index (χ0v) is 18.3. The number of carbonyl (C=O) groups excluding carboxylic acids is 2. The Bertz CT molecular complexity index is 881. The molecule has 0 aliphatic carbocycles. The Labute approximate surface area is 183 Å². The van der Waals surface area contributed by atoms with Crippen molar-refractivity contribution < 1.29 is 24.0 Å². The molecule has 166 valence electrons. The van der Waals surface area contributed by atoms with Gasteiger partial charge in [0.15, 0.2) is 6.10 Å². The van der Waals surface area contributed by atoms with Crippen LogP contribution < -0.4 is 20.3 Å². The first kappa shape index (κ1) is 22.8. The summed E-state index contributed by atoms with van der Waals surface area (Å²) in [5.74, 6) is 0.133. The molecule has 0 aromatic heterocycles. The monoisotopic (exact) mass is 426 g/mol. The smallest absolute Gasteiger partial charge is 0.265 e. The SMILES string of the molecule is Cc1cccc(O[C@@H](C)C(=O)Nc2ccccc2C(=O)NCCC[NH+]2CCOCC2)c1. The standard InChI is InChI=1S/C24H31N3O4/c1-18-7-5-8-20(17-18)31-19(2)23(28)26-22-10-4-3-9-21(22)24(29)25-11-6-12-27-13-15-30-16-14-27/h3-5,7-10,17,19H,6,11-16H2,1-2H3,(H,25,29)(H,26,28)/p+1/t19-/m0/s1. The lowest BCUT2D eigenvalue weighted by Crippen LogP contribution is -3.14. The quantitative estimate of drug-likeness (QED) is 0.530. The van der Waals surface area contributed by atoms with Crippen LogP contribution >= 0.6 is 0 Å². The number of quaternary nitrogens is 1. The van der Waals surface area contributed by atoms with Gasteiger partial charge >= 0.3 is 0 Å². The van der Waals surface area contributed by atoms with Gasteiger partial charge in [0.2, 0.25) is 0 Å². The van der Waals surface area contributed by atoms with Crippen LogP contribution in [0.5, 0.6) is 5.75 Å². The van der Waals surface area contributed by atoms with Gasteiger partial charge in [0.1, 0.15) is 18.8 Å². The van der Waals surface area contributed by atoms with E-state index >= 15 is 0 Å². The van der Waals surface area contributed by atoms with E-state index < -0.39 is 6.10 Å². The maximum atomic E-state index is 12.7. The van der Waals surface area contributed by atoms with E-state index in [1.54, 1.807) is 31.2 Å². The van der Waals surface area contributed by atoms with Gasteiger partial charge in [0.25, 0.3) is 11.8 Å². The summed E-state index contributed by atoms with van der Waals surface area (Å²) in [4.78, 5) is 26.8. The number of rotatable bonds is 9. The Morgan fingerprint density at radius 1 is 1.13 bits per heavy atom. The zero-order chi connectivity index (χ0) is 22.1. The Hall–Kier alpha value is -2.90. The van der Waals surface area contributed by atoms with E-state index in [1.807, 2.05) is 31.2 Å². The van der Waals surface area contributed by atoms with Gasteiger partial charge < -0.3 is 25.0 Å². The molecular formula is C24H32N3O4+. The lowest BCUT2D eigenvalue weighted by atomic mass is 10.1. The highest BCUT2D eigenvalue weighted by molar-refractivity contribution is 6.04. The van der Waals surface area contributed by atoms with Crippen LogP contribution in [-0.4, -0.2) is 57.3 Å². The lowest BCUT2D eigenvalue weighted by Gasteiger charge is -2.23. The summed E-state index contributed by atoms with van der Waals surface area (Å²) in [6.07, 6.45) is 0.200. The first-order chi connectivity index (χ1) is 15.0. The molecule has 7 nitrogen and oxygen atoms in total. The predicted octanol–water partition coefficient (Wildman–Crippen LogP) is 1.44. The minimum Gasteiger partial charge on any atom is -0.481 e. The highest BCUT2D eigenvalue weighted by Gasteiger charge is 2.19. The van der Waals surface area contributed by atoms with Gasteiger partial charge in [-0.05, 0) is 43.7 Å². The third-order valence-corrected chi connectivity index (χ3v) is 5.29. The van der Waals surface area contributed by atoms with Gasteiger partial charge in [-0.25, -0.2) is 0 Å². The highest BCUT2D eigenvalue weighted by atomic mass is 16.5. The summed E-state index contributed by atoms with van der Waals surface area (Å²) in [7, 11) is 0. The van der Waals surface area contributed by atoms with Gasteiger partial charge in [-0.2, -0.15) is 0 Å². The van der Waals surface area contributed by atoms with Crippen LogP contribution in [0.2, 0.25) is 0 Å². The van der Waals surface area contributed by atoms with Gasteiger partial charge in [-0.1, -0.05) is 24.3 Å². The molecular weight excluding hydrogens is 394 g/mol. The number of morpholine rings is 1. The second kappa shape index (κ2) is 11.5. The van der Waals surface area contributed by atoms with Gasteiger partial charge in [-0.15, -0.1) is 0 Å². The van der Waals surface area contributed by atoms with Gasteiger partial charge in [-0.3, -0.25) is 9.59 Å². The Kier molecular flexibility index (Phi) is 8.44. The van der Waals surface area contributed by atoms with Crippen LogP contribution in [0.3, 0.4) is 0 Å². The molecule has 1 heterocycles. The second-order valence-electron chi connectivity index (χ2n) is 7.83. The van der Waals surface area contributed by atoms with Crippen molar-refractivity contribution in [3.63, 3.8) is 0 Å². The maximum absolute atomic E-state index is 12.7. The molecule has 0 bridgehead atoms. The van der Waals surface area contributed by atoms with E-state index in [0.29, 0.717) is 23.5 Å². The number of amides is 2. The summed E-state index contributed by atoms with van der Waals surface area (Å²) >= 11 is 0. The molecule has 2 aromatic rings. The molecule has 1 fully saturated rings. The van der Waals surface area contributed by atoms with E-state index in [1.165, 1.54) is 4.90 Å². The van der Waals surface area contributed by atoms with Crippen molar-refractivity contribution in [2.24, 2.45) is 0 Å². The normalized spacial score (nSPS) is 15.2. The number of para-hydroxylation sites is 1. The topological polar surface area (TPSA) is 81.1 Å². The molecule has 0 unspecified atom stereocenters. The number of benzene rings is 2. The lowest BCUT2D eigenvalue weighted by molar-refractivity contribution is -0.908. The van der Waals surface area contributed by atoms with E-state index in [0.717, 1.165) is 44.8 Å². The fourth-order valence-corrected chi connectivity index (χ4v) is 3.52. The predicted molar refractivity (Wildman–Crippen MR) is 120 cm³/mol. The van der Waals surface area contributed by atoms with Crippen molar-refractivity contribution in [3.05, 3.63) is 59.7 Å². The molecule has 0 saturated carbocycles. The minimum absolute atomic E-state index is 0.194. The van der Waals surface area contributed by atoms with Crippen LogP contribution in [0.1, 0.15) is 29.3 Å². The van der Waals surface area contributed by atoms with Crippen LogP contribution in [-0.2, 0) is 9.53 Å². The molecule has 0 spiro atoms. The molecule has 1 saturated heterocycles. The van der Waals surface area contributed by atoms with Crippen molar-refractivity contribution in [1.82, 2.24) is 5.32 Å². The number of aryl methyl sites for hydroxylation is 1. The largest absolute Gasteiger partial charge is 0.481 e. The van der Waals surface area contributed by atoms with Crippen molar-refractivity contribution in [2.45, 2.75) is 26.4 Å². The molecule has 3 N–H and O–H groups in total. The first-order valence-electron chi connectivity index (χ1n) is 10.9. The first-order valence-corrected chi connectivity index (χ1v) is 10.9. The molecule has 2 aromatic carbocycles. The van der Waals surface area contributed by atoms with Gasteiger partial charge in [0.05, 0.1) is 31.0 Å². The zero-order valence-electron chi connectivity index (χ0n) is 18.3. The number of hydrogen-bond donors (Lipinski definition) is 3. The van der Waals surface area contributed by atoms with Crippen LogP contribution in [0.15, 0.2) is 48.5 Å². The Morgan fingerprint density at radius 3 is 2.68 bits per heavy atom. The molecule has 2 amide bonds. The van der Waals surface area contributed by atoms with E-state index in [4.69, 9.17) is 9.47 Å². The fraction of sp³-hybridized carbons (Fsp3) is 0.417. The highest BCUT2D eigenvalue weighted by Crippen LogP contribution is 2.18. The molecule has 1 aliphatic heterocycles. The third kappa shape index (κ3) is 7.08. The number of anilines is 1. The summed E-state index contributed by atoms with van der Waals surface area (Å²) in [6.45, 7) is 8.91. The average Bonchev–Trinajstić information content (AvgIpc) is 2.77. The number of carbonyl (C=O) groups is 2. The van der Waals surface area contributed by atoms with Gasteiger partial charge in [0, 0.05) is 13.0 Å². The second-order valence-corrected chi connectivity index (χ2v) is 7.83. The van der Waals surface area contributed by atoms with E-state index in [-0.39, 0.29) is 11.8 Å². The molecule has 0 radical (unpaired) electrons. The van der Waals surface area contributed by atoms with Crippen LogP contribution in [0.25, 0.3) is 0 Å².